The molecule has 0 radical (unpaired) electrons. The molecule has 0 spiro atoms. The Morgan fingerprint density at radius 1 is 1.13 bits per heavy atom. The Morgan fingerprint density at radius 3 is 2.33 bits per heavy atom. The molecule has 0 fully saturated rings. The normalized spacial score (nSPS) is 14.1. The second-order valence-corrected chi connectivity index (χ2v) is 8.52. The third-order valence-corrected chi connectivity index (χ3v) is 5.84. The molecule has 0 aliphatic carbocycles. The largest absolute Gasteiger partial charge is 0.487 e. The number of aromatic nitrogens is 3. The molecule has 15 heteroatoms. The van der Waals surface area contributed by atoms with Gasteiger partial charge in [0.15, 0.2) is 6.61 Å². The van der Waals surface area contributed by atoms with Crippen molar-refractivity contribution >= 4 is 11.9 Å². The monoisotopic (exact) mass is 560 g/mol. The maximum Gasteiger partial charge on any atom is 0.340 e. The number of hydrogen-bond acceptors (Lipinski definition) is 6. The molecule has 9 nitrogen and oxygen atoms in total. The minimum atomic E-state index is -4.41. The summed E-state index contributed by atoms with van der Waals surface area (Å²) in [5.41, 5.74) is -3.02. The molecule has 0 aliphatic rings. The summed E-state index contributed by atoms with van der Waals surface area (Å²) in [5.74, 6) is -9.28. The summed E-state index contributed by atoms with van der Waals surface area (Å²) in [6.07, 6.45) is -1.65. The zero-order valence-electron chi connectivity index (χ0n) is 20.1. The van der Waals surface area contributed by atoms with E-state index >= 15 is 0 Å². The zero-order chi connectivity index (χ0) is 29.0. The summed E-state index contributed by atoms with van der Waals surface area (Å²) in [6.45, 7) is -1.88. The Hall–Kier alpha value is -4.14. The summed E-state index contributed by atoms with van der Waals surface area (Å²) in [7, 11) is 0. The van der Waals surface area contributed by atoms with Crippen molar-refractivity contribution in [1.29, 1.82) is 0 Å². The lowest BCUT2D eigenvalue weighted by Gasteiger charge is -2.40. The summed E-state index contributed by atoms with van der Waals surface area (Å²) >= 11 is 0. The molecule has 39 heavy (non-hydrogen) atoms. The summed E-state index contributed by atoms with van der Waals surface area (Å²) in [6, 6.07) is 5.03. The fraction of sp³-hybridized carbons (Fsp3) is 0.333. The first kappa shape index (κ1) is 29.4. The van der Waals surface area contributed by atoms with Gasteiger partial charge >= 0.3 is 18.3 Å². The van der Waals surface area contributed by atoms with E-state index in [9.17, 15) is 46.1 Å². The smallest absolute Gasteiger partial charge is 0.340 e. The van der Waals surface area contributed by atoms with E-state index in [1.54, 1.807) is 0 Å². The molecule has 210 valence electrons. The molecule has 0 saturated carbocycles. The molecule has 2 atom stereocenters. The average molecular weight is 560 g/mol. The van der Waals surface area contributed by atoms with Crippen molar-refractivity contribution in [2.75, 3.05) is 13.2 Å². The van der Waals surface area contributed by atoms with E-state index in [4.69, 9.17) is 0 Å². The van der Waals surface area contributed by atoms with Crippen molar-refractivity contribution in [2.24, 2.45) is 0 Å². The number of carbonyl (C=O) groups is 2. The first-order valence-corrected chi connectivity index (χ1v) is 11.2. The van der Waals surface area contributed by atoms with Gasteiger partial charge in [-0.3, -0.25) is 9.59 Å². The molecule has 1 heterocycles. The number of carboxylic acids is 1. The highest BCUT2D eigenvalue weighted by atomic mass is 19.3. The lowest BCUT2D eigenvalue weighted by molar-refractivity contribution is -0.148. The molecule has 3 aromatic rings. The number of halogens is 6. The number of benzene rings is 2. The minimum Gasteiger partial charge on any atom is -0.487 e. The number of rotatable bonds is 12. The summed E-state index contributed by atoms with van der Waals surface area (Å²) in [5, 5.41) is 25.0. The Labute approximate surface area is 217 Å². The van der Waals surface area contributed by atoms with Crippen LogP contribution in [0.25, 0.3) is 0 Å². The van der Waals surface area contributed by atoms with E-state index in [0.29, 0.717) is 11.0 Å². The topological polar surface area (TPSA) is 118 Å². The Balaban J connectivity index is 1.95. The van der Waals surface area contributed by atoms with Gasteiger partial charge in [-0.1, -0.05) is 6.07 Å². The Morgan fingerprint density at radius 2 is 1.79 bits per heavy atom. The van der Waals surface area contributed by atoms with Gasteiger partial charge in [-0.25, -0.2) is 27.2 Å². The number of amides is 1. The third-order valence-electron chi connectivity index (χ3n) is 5.84. The van der Waals surface area contributed by atoms with Gasteiger partial charge in [-0.2, -0.15) is 13.9 Å². The van der Waals surface area contributed by atoms with Gasteiger partial charge in [0.25, 0.3) is 5.91 Å². The van der Waals surface area contributed by atoms with Crippen molar-refractivity contribution in [3.8, 4) is 5.75 Å². The summed E-state index contributed by atoms with van der Waals surface area (Å²) < 4.78 is 85.1. The molecular weight excluding hydrogens is 538 g/mol. The van der Waals surface area contributed by atoms with Crippen LogP contribution in [-0.2, 0) is 16.9 Å². The first-order chi connectivity index (χ1) is 18.2. The van der Waals surface area contributed by atoms with Crippen LogP contribution in [0.1, 0.15) is 22.8 Å². The Bertz CT molecular complexity index is 1290. The van der Waals surface area contributed by atoms with Crippen LogP contribution in [0.3, 0.4) is 0 Å². The van der Waals surface area contributed by atoms with Gasteiger partial charge in [-0.05, 0) is 37.3 Å². The molecule has 2 N–H and O–H groups in total. The van der Waals surface area contributed by atoms with E-state index in [2.05, 4.69) is 14.8 Å². The lowest BCUT2D eigenvalue weighted by Crippen LogP contribution is -2.55. The molecule has 0 aliphatic heterocycles. The molecule has 1 aromatic heterocycles. The van der Waals surface area contributed by atoms with Crippen molar-refractivity contribution in [3.63, 3.8) is 0 Å². The number of hydrogen-bond donors (Lipinski definition) is 2. The van der Waals surface area contributed by atoms with Crippen molar-refractivity contribution in [1.82, 2.24) is 19.7 Å². The lowest BCUT2D eigenvalue weighted by atomic mass is 9.85. The highest BCUT2D eigenvalue weighted by molar-refractivity contribution is 5.96. The first-order valence-electron chi connectivity index (χ1n) is 11.2. The average Bonchev–Trinajstić information content (AvgIpc) is 3.38. The SMILES string of the molecule is CC(N(CC(=O)O)C(=O)c1ccc(OCC(F)(F)C(F)F)cc1)C(O)(Cn1cncn1)c1ccc(F)cc1F. The van der Waals surface area contributed by atoms with Gasteiger partial charge in [0.2, 0.25) is 0 Å². The number of alkyl halides is 4. The predicted octanol–water partition coefficient (Wildman–Crippen LogP) is 3.34. The van der Waals surface area contributed by atoms with E-state index in [1.807, 2.05) is 0 Å². The van der Waals surface area contributed by atoms with Crippen LogP contribution >= 0.6 is 0 Å². The summed E-state index contributed by atoms with van der Waals surface area (Å²) in [4.78, 5) is 29.5. The standard InChI is InChI=1S/C24H22F6N4O5/c1-14(23(38,10-33-13-31-12-32-33)18-7-4-16(25)8-19(18)26)34(9-20(35)36)21(37)15-2-5-17(6-3-15)39-11-24(29,30)22(27)28/h2-8,12-14,22,38H,9-11H2,1H3,(H,35,36). The van der Waals surface area contributed by atoms with Gasteiger partial charge in [0.05, 0.1) is 12.6 Å². The molecule has 2 unspecified atom stereocenters. The van der Waals surface area contributed by atoms with Crippen LogP contribution in [0, 0.1) is 11.6 Å². The van der Waals surface area contributed by atoms with Crippen LogP contribution < -0.4 is 4.74 Å². The maximum absolute atomic E-state index is 14.9. The van der Waals surface area contributed by atoms with Gasteiger partial charge in [-0.15, -0.1) is 0 Å². The van der Waals surface area contributed by atoms with E-state index in [-0.39, 0.29) is 11.3 Å². The molecule has 3 rings (SSSR count). The fourth-order valence-corrected chi connectivity index (χ4v) is 3.73. The van der Waals surface area contributed by atoms with E-state index in [1.165, 1.54) is 13.3 Å². The number of ether oxygens (including phenoxy) is 1. The van der Waals surface area contributed by atoms with E-state index in [0.717, 1.165) is 47.4 Å². The van der Waals surface area contributed by atoms with Crippen LogP contribution in [0.5, 0.6) is 5.75 Å². The number of nitrogens with zero attached hydrogens (tertiary/aromatic N) is 4. The maximum atomic E-state index is 14.9. The second kappa shape index (κ2) is 11.7. The number of aliphatic carboxylic acids is 1. The van der Waals surface area contributed by atoms with Gasteiger partial charge in [0, 0.05) is 17.2 Å². The van der Waals surface area contributed by atoms with Crippen LogP contribution in [0.4, 0.5) is 26.3 Å². The van der Waals surface area contributed by atoms with E-state index < -0.39 is 72.8 Å². The van der Waals surface area contributed by atoms with Crippen molar-refractivity contribution in [2.45, 2.75) is 37.5 Å². The third kappa shape index (κ3) is 6.85. The molecule has 1 amide bonds. The molecular formula is C24H22F6N4O5. The van der Waals surface area contributed by atoms with Gasteiger partial charge < -0.3 is 19.8 Å². The van der Waals surface area contributed by atoms with Crippen LogP contribution in [0.15, 0.2) is 55.1 Å². The zero-order valence-corrected chi connectivity index (χ0v) is 20.1. The molecule has 0 saturated heterocycles. The second-order valence-electron chi connectivity index (χ2n) is 8.52. The van der Waals surface area contributed by atoms with Crippen molar-refractivity contribution in [3.05, 3.63) is 77.9 Å². The fourth-order valence-electron chi connectivity index (χ4n) is 3.73. The van der Waals surface area contributed by atoms with Crippen LogP contribution in [0.2, 0.25) is 0 Å². The number of carboxylic acid groups (broad SMARTS) is 1. The Kier molecular flexibility index (Phi) is 8.84. The number of carbonyl (C=O) groups excluding carboxylic acids is 1. The molecule has 0 bridgehead atoms. The highest BCUT2D eigenvalue weighted by Crippen LogP contribution is 2.33. The molecule has 2 aromatic carbocycles. The van der Waals surface area contributed by atoms with Gasteiger partial charge in [0.1, 0.15) is 42.2 Å². The minimum absolute atomic E-state index is 0.196. The number of aliphatic hydroxyl groups is 1. The van der Waals surface area contributed by atoms with Crippen molar-refractivity contribution < 1.29 is 50.9 Å². The highest BCUT2D eigenvalue weighted by Gasteiger charge is 2.44. The quantitative estimate of drug-likeness (QED) is 0.327. The van der Waals surface area contributed by atoms with Crippen LogP contribution in [-0.4, -0.2) is 73.3 Å². The predicted molar refractivity (Wildman–Crippen MR) is 121 cm³/mol.